The maximum absolute atomic E-state index is 11.1. The summed E-state index contributed by atoms with van der Waals surface area (Å²) >= 11 is 0. The van der Waals surface area contributed by atoms with Crippen molar-refractivity contribution in [1.82, 2.24) is 0 Å². The van der Waals surface area contributed by atoms with Gasteiger partial charge in [-0.1, -0.05) is 19.3 Å². The van der Waals surface area contributed by atoms with Crippen molar-refractivity contribution in [2.75, 3.05) is 6.61 Å². The Bertz CT molecular complexity index is 164. The van der Waals surface area contributed by atoms with Crippen LogP contribution in [0.15, 0.2) is 0 Å². The van der Waals surface area contributed by atoms with Crippen LogP contribution in [-0.4, -0.2) is 17.6 Å². The molecule has 13 heavy (non-hydrogen) atoms. The summed E-state index contributed by atoms with van der Waals surface area (Å²) in [7, 11) is 0. The minimum Gasteiger partial charge on any atom is -0.396 e. The number of carbonyl (C=O) groups excluding carboxylic acids is 1. The topological polar surface area (TPSA) is 63.3 Å². The Morgan fingerprint density at radius 2 is 2.00 bits per heavy atom. The molecule has 1 fully saturated rings. The first-order valence-corrected chi connectivity index (χ1v) is 5.16. The van der Waals surface area contributed by atoms with Gasteiger partial charge in [0.05, 0.1) is 0 Å². The summed E-state index contributed by atoms with van der Waals surface area (Å²) in [6.45, 7) is 0.0735. The fourth-order valence-corrected chi connectivity index (χ4v) is 2.29. The number of primary amides is 1. The highest BCUT2D eigenvalue weighted by atomic mass is 16.3. The molecule has 0 spiro atoms. The number of hydrogen-bond acceptors (Lipinski definition) is 2. The van der Waals surface area contributed by atoms with E-state index in [-0.39, 0.29) is 18.4 Å². The summed E-state index contributed by atoms with van der Waals surface area (Å²) in [6.07, 6.45) is 6.45. The molecule has 1 atom stereocenters. The van der Waals surface area contributed by atoms with Gasteiger partial charge in [-0.15, -0.1) is 0 Å². The Labute approximate surface area is 79.3 Å². The Morgan fingerprint density at radius 3 is 2.46 bits per heavy atom. The van der Waals surface area contributed by atoms with Crippen molar-refractivity contribution in [3.63, 3.8) is 0 Å². The van der Waals surface area contributed by atoms with Crippen LogP contribution in [-0.2, 0) is 4.79 Å². The molecule has 1 rings (SSSR count). The molecule has 0 aromatic carbocycles. The highest BCUT2D eigenvalue weighted by Crippen LogP contribution is 2.31. The van der Waals surface area contributed by atoms with Crippen molar-refractivity contribution in [3.8, 4) is 0 Å². The average Bonchev–Trinajstić information content (AvgIpc) is 2.15. The first kappa shape index (κ1) is 10.5. The molecule has 76 valence electrons. The van der Waals surface area contributed by atoms with Gasteiger partial charge < -0.3 is 10.8 Å². The Hall–Kier alpha value is -0.570. The van der Waals surface area contributed by atoms with E-state index in [0.717, 1.165) is 12.8 Å². The Kier molecular flexibility index (Phi) is 4.22. The fourth-order valence-electron chi connectivity index (χ4n) is 2.29. The van der Waals surface area contributed by atoms with Crippen LogP contribution in [0.25, 0.3) is 0 Å². The van der Waals surface area contributed by atoms with E-state index in [1.807, 2.05) is 0 Å². The van der Waals surface area contributed by atoms with Crippen molar-refractivity contribution in [2.45, 2.75) is 38.5 Å². The molecule has 0 aromatic heterocycles. The first-order valence-electron chi connectivity index (χ1n) is 5.16. The van der Waals surface area contributed by atoms with Crippen LogP contribution < -0.4 is 5.73 Å². The number of rotatable bonds is 4. The normalized spacial score (nSPS) is 21.3. The predicted molar refractivity (Wildman–Crippen MR) is 51.0 cm³/mol. The van der Waals surface area contributed by atoms with Gasteiger partial charge in [0.2, 0.25) is 5.91 Å². The van der Waals surface area contributed by atoms with Gasteiger partial charge in [-0.2, -0.15) is 0 Å². The lowest BCUT2D eigenvalue weighted by atomic mass is 9.78. The number of hydrogen-bond donors (Lipinski definition) is 2. The minimum absolute atomic E-state index is 0.0735. The van der Waals surface area contributed by atoms with Crippen molar-refractivity contribution in [1.29, 1.82) is 0 Å². The Morgan fingerprint density at radius 1 is 1.38 bits per heavy atom. The van der Waals surface area contributed by atoms with Gasteiger partial charge in [-0.05, 0) is 25.2 Å². The van der Waals surface area contributed by atoms with Crippen molar-refractivity contribution < 1.29 is 9.90 Å². The zero-order chi connectivity index (χ0) is 9.68. The van der Waals surface area contributed by atoms with E-state index in [4.69, 9.17) is 10.8 Å². The van der Waals surface area contributed by atoms with Crippen molar-refractivity contribution in [2.24, 2.45) is 17.6 Å². The molecule has 3 nitrogen and oxygen atoms in total. The van der Waals surface area contributed by atoms with Crippen LogP contribution in [0.2, 0.25) is 0 Å². The molecule has 0 heterocycles. The third-order valence-electron chi connectivity index (χ3n) is 3.02. The van der Waals surface area contributed by atoms with E-state index in [1.165, 1.54) is 19.3 Å². The molecule has 0 aromatic rings. The monoisotopic (exact) mass is 185 g/mol. The molecule has 0 saturated heterocycles. The lowest BCUT2D eigenvalue weighted by Gasteiger charge is -2.27. The second-order valence-corrected chi connectivity index (χ2v) is 3.92. The SMILES string of the molecule is NC(=O)[C@@H](CCO)C1CCCCC1. The predicted octanol–water partition coefficient (Wildman–Crippen LogP) is 1.05. The highest BCUT2D eigenvalue weighted by Gasteiger charge is 2.26. The zero-order valence-corrected chi connectivity index (χ0v) is 8.04. The molecular formula is C10H19NO2. The number of amides is 1. The second-order valence-electron chi connectivity index (χ2n) is 3.92. The molecule has 0 aliphatic heterocycles. The van der Waals surface area contributed by atoms with E-state index in [1.54, 1.807) is 0 Å². The van der Waals surface area contributed by atoms with Crippen LogP contribution >= 0.6 is 0 Å². The summed E-state index contributed by atoms with van der Waals surface area (Å²) in [5.41, 5.74) is 5.30. The third-order valence-corrected chi connectivity index (χ3v) is 3.02. The molecule has 1 aliphatic rings. The van der Waals surface area contributed by atoms with Gasteiger partial charge in [0.1, 0.15) is 0 Å². The lowest BCUT2D eigenvalue weighted by molar-refractivity contribution is -0.124. The zero-order valence-electron chi connectivity index (χ0n) is 8.04. The average molecular weight is 185 g/mol. The third kappa shape index (κ3) is 2.99. The van der Waals surface area contributed by atoms with Crippen LogP contribution in [0, 0.1) is 11.8 Å². The molecule has 1 amide bonds. The van der Waals surface area contributed by atoms with Gasteiger partial charge in [0.25, 0.3) is 0 Å². The van der Waals surface area contributed by atoms with Gasteiger partial charge in [0, 0.05) is 12.5 Å². The van der Waals surface area contributed by atoms with Gasteiger partial charge in [-0.3, -0.25) is 4.79 Å². The molecule has 3 heteroatoms. The fraction of sp³-hybridized carbons (Fsp3) is 0.900. The van der Waals surface area contributed by atoms with Crippen LogP contribution in [0.3, 0.4) is 0 Å². The smallest absolute Gasteiger partial charge is 0.220 e. The van der Waals surface area contributed by atoms with E-state index < -0.39 is 0 Å². The largest absolute Gasteiger partial charge is 0.396 e. The van der Waals surface area contributed by atoms with E-state index >= 15 is 0 Å². The van der Waals surface area contributed by atoms with E-state index in [0.29, 0.717) is 12.3 Å². The maximum atomic E-state index is 11.1. The maximum Gasteiger partial charge on any atom is 0.220 e. The summed E-state index contributed by atoms with van der Waals surface area (Å²) in [5, 5.41) is 8.81. The molecule has 0 radical (unpaired) electrons. The molecule has 1 saturated carbocycles. The second kappa shape index (κ2) is 5.22. The van der Waals surface area contributed by atoms with Gasteiger partial charge >= 0.3 is 0 Å². The van der Waals surface area contributed by atoms with Crippen molar-refractivity contribution >= 4 is 5.91 Å². The summed E-state index contributed by atoms with van der Waals surface area (Å²) in [6, 6.07) is 0. The quantitative estimate of drug-likeness (QED) is 0.687. The number of nitrogens with two attached hydrogens (primary N) is 1. The summed E-state index contributed by atoms with van der Waals surface area (Å²) < 4.78 is 0. The summed E-state index contributed by atoms with van der Waals surface area (Å²) in [4.78, 5) is 11.1. The van der Waals surface area contributed by atoms with Crippen molar-refractivity contribution in [3.05, 3.63) is 0 Å². The minimum atomic E-state index is -0.235. The van der Waals surface area contributed by atoms with Crippen LogP contribution in [0.1, 0.15) is 38.5 Å². The number of carbonyl (C=O) groups is 1. The van der Waals surface area contributed by atoms with Crippen LogP contribution in [0.5, 0.6) is 0 Å². The van der Waals surface area contributed by atoms with E-state index in [9.17, 15) is 4.79 Å². The van der Waals surface area contributed by atoms with E-state index in [2.05, 4.69) is 0 Å². The molecule has 0 bridgehead atoms. The Balaban J connectivity index is 2.46. The molecular weight excluding hydrogens is 166 g/mol. The van der Waals surface area contributed by atoms with Gasteiger partial charge in [-0.25, -0.2) is 0 Å². The molecule has 3 N–H and O–H groups in total. The standard InChI is InChI=1S/C10H19NO2/c11-10(13)9(6-7-12)8-4-2-1-3-5-8/h8-9,12H,1-7H2,(H2,11,13)/t9-/m0/s1. The first-order chi connectivity index (χ1) is 6.25. The molecule has 0 unspecified atom stereocenters. The summed E-state index contributed by atoms with van der Waals surface area (Å²) in [5.74, 6) is 0.102. The lowest BCUT2D eigenvalue weighted by Crippen LogP contribution is -2.32. The number of aliphatic hydroxyl groups is 1. The van der Waals surface area contributed by atoms with Gasteiger partial charge in [0.15, 0.2) is 0 Å². The highest BCUT2D eigenvalue weighted by molar-refractivity contribution is 5.76. The van der Waals surface area contributed by atoms with Crippen LogP contribution in [0.4, 0.5) is 0 Å². The number of aliphatic hydroxyl groups excluding tert-OH is 1. The molecule has 1 aliphatic carbocycles.